The summed E-state index contributed by atoms with van der Waals surface area (Å²) in [6.07, 6.45) is 3.91. The van der Waals surface area contributed by atoms with Crippen molar-refractivity contribution in [2.75, 3.05) is 6.61 Å². The van der Waals surface area contributed by atoms with E-state index in [0.29, 0.717) is 24.7 Å². The predicted molar refractivity (Wildman–Crippen MR) is 186 cm³/mol. The van der Waals surface area contributed by atoms with Crippen LogP contribution in [0.2, 0.25) is 0 Å². The van der Waals surface area contributed by atoms with Gasteiger partial charge in [0.2, 0.25) is 17.6 Å². The van der Waals surface area contributed by atoms with Gasteiger partial charge in [-0.25, -0.2) is 9.78 Å². The summed E-state index contributed by atoms with van der Waals surface area (Å²) in [5.41, 5.74) is -1.23. The Balaban J connectivity index is 1.63. The van der Waals surface area contributed by atoms with Crippen molar-refractivity contribution in [1.82, 2.24) is 26.3 Å². The Hall–Kier alpha value is -4.22. The van der Waals surface area contributed by atoms with Crippen molar-refractivity contribution in [1.29, 1.82) is 0 Å². The molecule has 0 spiro atoms. The van der Waals surface area contributed by atoms with Crippen LogP contribution in [0.5, 0.6) is 11.6 Å². The fraction of sp³-hybridized carbons (Fsp3) is 0.622. The third kappa shape index (κ3) is 10.1. The van der Waals surface area contributed by atoms with Gasteiger partial charge in [0.1, 0.15) is 11.9 Å². The minimum Gasteiger partial charge on any atom is -0.494 e. The molecule has 49 heavy (non-hydrogen) atoms. The number of Topliss-reactive ketones (excluding diaryl/α,β-unsaturated/α-hetero) is 2. The van der Waals surface area contributed by atoms with E-state index in [-0.39, 0.29) is 31.1 Å². The Labute approximate surface area is 289 Å². The van der Waals surface area contributed by atoms with Gasteiger partial charge >= 0.3 is 6.03 Å². The van der Waals surface area contributed by atoms with Crippen LogP contribution in [0.25, 0.3) is 10.8 Å². The normalized spacial score (nSPS) is 20.5. The van der Waals surface area contributed by atoms with Gasteiger partial charge in [-0.05, 0) is 94.9 Å². The molecule has 0 bridgehead atoms. The van der Waals surface area contributed by atoms with Crippen molar-refractivity contribution >= 4 is 40.2 Å². The van der Waals surface area contributed by atoms with Crippen molar-refractivity contribution < 1.29 is 33.4 Å². The molecule has 12 nitrogen and oxygen atoms in total. The molecule has 1 unspecified atom stereocenters. The summed E-state index contributed by atoms with van der Waals surface area (Å²) in [6.45, 7) is 15.4. The first-order valence-electron chi connectivity index (χ1n) is 17.5. The third-order valence-corrected chi connectivity index (χ3v) is 8.77. The van der Waals surface area contributed by atoms with Crippen LogP contribution in [-0.2, 0) is 19.2 Å². The molecule has 0 radical (unpaired) electrons. The molecular formula is C37H53N5O7. The van der Waals surface area contributed by atoms with Crippen molar-refractivity contribution in [2.24, 2.45) is 17.3 Å². The second-order valence-corrected chi connectivity index (χ2v) is 15.4. The van der Waals surface area contributed by atoms with Crippen LogP contribution < -0.4 is 30.7 Å². The van der Waals surface area contributed by atoms with Crippen LogP contribution in [0, 0.1) is 17.3 Å². The number of amides is 4. The number of nitrogens with one attached hydrogen (secondary N) is 4. The lowest BCUT2D eigenvalue weighted by molar-refractivity contribution is -0.141. The average Bonchev–Trinajstić information content (AvgIpc) is 3.73. The van der Waals surface area contributed by atoms with Crippen LogP contribution in [0.1, 0.15) is 93.9 Å². The molecule has 2 aliphatic carbocycles. The van der Waals surface area contributed by atoms with Gasteiger partial charge in [-0.3, -0.25) is 19.2 Å². The topological polar surface area (TPSA) is 165 Å². The highest BCUT2D eigenvalue weighted by Crippen LogP contribution is 2.39. The standard InChI is InChI=1S/C37H53N5O7/c1-9-11-28(30(44)33(46)39-22-12-13-22)40-32(45)27-20-24(49-34-25-15-14-23(48-10-2)18-21(25)16-17-38-34)19-26(27)29(43)31(36(3,4)5)41-35(47)42-37(6,7)8/h14-18,22,24,26-28,31H,9-13,19-20H2,1-8H3,(H,39,46)(H,40,45)(H2,41,42,47)/t24-,26?,27+,28-,31+/m0/s1. The van der Waals surface area contributed by atoms with E-state index in [2.05, 4.69) is 26.3 Å². The number of aromatic nitrogens is 1. The summed E-state index contributed by atoms with van der Waals surface area (Å²) in [6, 6.07) is 5.00. The van der Waals surface area contributed by atoms with Gasteiger partial charge in [0.25, 0.3) is 5.91 Å². The second-order valence-electron chi connectivity index (χ2n) is 15.4. The van der Waals surface area contributed by atoms with Crippen molar-refractivity contribution in [2.45, 2.75) is 124 Å². The zero-order valence-electron chi connectivity index (χ0n) is 30.1. The maximum absolute atomic E-state index is 14.5. The van der Waals surface area contributed by atoms with Gasteiger partial charge in [-0.15, -0.1) is 0 Å². The highest BCUT2D eigenvalue weighted by atomic mass is 16.5. The van der Waals surface area contributed by atoms with Crippen LogP contribution in [-0.4, -0.2) is 70.8 Å². The maximum Gasteiger partial charge on any atom is 0.315 e. The maximum atomic E-state index is 14.5. The minimum atomic E-state index is -1.03. The lowest BCUT2D eigenvalue weighted by atomic mass is 9.77. The number of pyridine rings is 1. The monoisotopic (exact) mass is 679 g/mol. The zero-order chi connectivity index (χ0) is 36.1. The second kappa shape index (κ2) is 15.6. The van der Waals surface area contributed by atoms with Crippen LogP contribution >= 0.6 is 0 Å². The molecule has 4 rings (SSSR count). The number of carbonyl (C=O) groups excluding carboxylic acids is 5. The average molecular weight is 680 g/mol. The SMILES string of the molecule is CCC[C@H](NC(=O)[C@@H]1C[C@@H](Oc2nccc3cc(OCC)ccc23)CC1C(=O)[C@@H](NC(=O)NC(C)(C)C)C(C)(C)C)C(=O)C(=O)NC1CC1. The van der Waals surface area contributed by atoms with E-state index in [0.717, 1.165) is 23.6 Å². The van der Waals surface area contributed by atoms with E-state index in [4.69, 9.17) is 9.47 Å². The first-order valence-corrected chi connectivity index (χ1v) is 17.5. The molecule has 2 aromatic rings. The number of hydrogen-bond donors (Lipinski definition) is 4. The van der Waals surface area contributed by atoms with Crippen LogP contribution in [0.15, 0.2) is 30.5 Å². The van der Waals surface area contributed by atoms with Crippen molar-refractivity contribution in [3.05, 3.63) is 30.5 Å². The lowest BCUT2D eigenvalue weighted by Gasteiger charge is -2.34. The summed E-state index contributed by atoms with van der Waals surface area (Å²) in [5, 5.41) is 12.9. The molecule has 268 valence electrons. The Bertz CT molecular complexity index is 1540. The number of fused-ring (bicyclic) bond motifs is 1. The molecule has 4 N–H and O–H groups in total. The number of nitrogens with zero attached hydrogens (tertiary/aromatic N) is 1. The number of rotatable bonds is 14. The van der Waals surface area contributed by atoms with Gasteiger partial charge in [-0.2, -0.15) is 0 Å². The molecule has 1 aromatic carbocycles. The molecule has 2 fully saturated rings. The molecule has 0 aliphatic heterocycles. The van der Waals surface area contributed by atoms with Gasteiger partial charge in [0, 0.05) is 29.1 Å². The number of urea groups is 1. The number of ketones is 2. The minimum absolute atomic E-state index is 0.00470. The Morgan fingerprint density at radius 2 is 1.63 bits per heavy atom. The largest absolute Gasteiger partial charge is 0.494 e. The van der Waals surface area contributed by atoms with E-state index in [1.54, 1.807) is 6.20 Å². The molecule has 1 heterocycles. The predicted octanol–water partition coefficient (Wildman–Crippen LogP) is 4.62. The van der Waals surface area contributed by atoms with Crippen molar-refractivity contribution in [3.8, 4) is 11.6 Å². The summed E-state index contributed by atoms with van der Waals surface area (Å²) in [4.78, 5) is 71.8. The fourth-order valence-electron chi connectivity index (χ4n) is 6.24. The van der Waals surface area contributed by atoms with Crippen LogP contribution in [0.4, 0.5) is 4.79 Å². The summed E-state index contributed by atoms with van der Waals surface area (Å²) < 4.78 is 12.1. The quantitative estimate of drug-likeness (QED) is 0.210. The third-order valence-electron chi connectivity index (χ3n) is 8.77. The zero-order valence-corrected chi connectivity index (χ0v) is 30.1. The summed E-state index contributed by atoms with van der Waals surface area (Å²) >= 11 is 0. The first-order chi connectivity index (χ1) is 23.0. The number of carbonyl (C=O) groups is 5. The molecule has 4 amide bonds. The van der Waals surface area contributed by atoms with Gasteiger partial charge in [0.15, 0.2) is 5.78 Å². The van der Waals surface area contributed by atoms with E-state index >= 15 is 0 Å². The van der Waals surface area contributed by atoms with Crippen LogP contribution in [0.3, 0.4) is 0 Å². The molecule has 5 atom stereocenters. The fourth-order valence-corrected chi connectivity index (χ4v) is 6.24. The Morgan fingerprint density at radius 1 is 0.939 bits per heavy atom. The highest BCUT2D eigenvalue weighted by molar-refractivity contribution is 6.38. The molecule has 2 saturated carbocycles. The summed E-state index contributed by atoms with van der Waals surface area (Å²) in [5.74, 6) is -2.87. The molecular weight excluding hydrogens is 626 g/mol. The molecule has 1 aromatic heterocycles. The lowest BCUT2D eigenvalue weighted by Crippen LogP contribution is -2.57. The number of benzene rings is 1. The molecule has 0 saturated heterocycles. The smallest absolute Gasteiger partial charge is 0.315 e. The van der Waals surface area contributed by atoms with Gasteiger partial charge < -0.3 is 30.7 Å². The van der Waals surface area contributed by atoms with Crippen molar-refractivity contribution in [3.63, 3.8) is 0 Å². The van der Waals surface area contributed by atoms with E-state index in [9.17, 15) is 24.0 Å². The molecule has 2 aliphatic rings. The van der Waals surface area contributed by atoms with E-state index in [1.807, 2.05) is 79.7 Å². The number of ether oxygens (including phenoxy) is 2. The highest BCUT2D eigenvalue weighted by Gasteiger charge is 2.49. The van der Waals surface area contributed by atoms with E-state index < -0.39 is 64.6 Å². The van der Waals surface area contributed by atoms with Gasteiger partial charge in [-0.1, -0.05) is 34.1 Å². The summed E-state index contributed by atoms with van der Waals surface area (Å²) in [7, 11) is 0. The Kier molecular flexibility index (Phi) is 11.9. The Morgan fingerprint density at radius 3 is 2.24 bits per heavy atom. The van der Waals surface area contributed by atoms with E-state index in [1.165, 1.54) is 0 Å². The first kappa shape index (κ1) is 37.6. The van der Waals surface area contributed by atoms with Gasteiger partial charge in [0.05, 0.1) is 24.6 Å². The number of hydrogen-bond acceptors (Lipinski definition) is 8. The molecule has 12 heteroatoms.